The van der Waals surface area contributed by atoms with Crippen molar-refractivity contribution in [3.8, 4) is 11.8 Å². The van der Waals surface area contributed by atoms with E-state index in [9.17, 15) is 4.79 Å². The van der Waals surface area contributed by atoms with Crippen LogP contribution in [0.3, 0.4) is 0 Å². The Morgan fingerprint density at radius 2 is 2.15 bits per heavy atom. The second-order valence-corrected chi connectivity index (χ2v) is 4.33. The van der Waals surface area contributed by atoms with Crippen molar-refractivity contribution in [2.45, 2.75) is 0 Å². The molecule has 0 saturated carbocycles. The number of nitrogens with one attached hydrogen (secondary N) is 2. The molecule has 0 radical (unpaired) electrons. The van der Waals surface area contributed by atoms with Crippen molar-refractivity contribution in [3.05, 3.63) is 56.2 Å². The Balaban J connectivity index is 2.44. The van der Waals surface area contributed by atoms with Gasteiger partial charge >= 0.3 is 0 Å². The number of hydrogen-bond acceptors (Lipinski definition) is 4. The van der Waals surface area contributed by atoms with Crippen LogP contribution in [-0.2, 0) is 0 Å². The number of H-pyrrole nitrogens is 2. The van der Waals surface area contributed by atoms with Gasteiger partial charge in [0, 0.05) is 0 Å². The highest BCUT2D eigenvalue weighted by Crippen LogP contribution is 2.15. The van der Waals surface area contributed by atoms with Crippen molar-refractivity contribution in [2.75, 3.05) is 7.11 Å². The molecule has 0 amide bonds. The number of rotatable bonds is 3. The Hall–Kier alpha value is -2.65. The number of aromatic amines is 2. The molecule has 0 aliphatic heterocycles. The average molecular weight is 285 g/mol. The normalized spacial score (nSPS) is 10.4. The van der Waals surface area contributed by atoms with E-state index in [1.165, 1.54) is 0 Å². The SMILES string of the molecule is COc1cccc(/C=C/c2[nH]c(=S)[nH]c(=O)c2C#N)c1. The Morgan fingerprint density at radius 1 is 1.35 bits per heavy atom. The monoisotopic (exact) mass is 285 g/mol. The molecule has 100 valence electrons. The van der Waals surface area contributed by atoms with Crippen LogP contribution in [-0.4, -0.2) is 17.1 Å². The second kappa shape index (κ2) is 5.99. The first-order valence-electron chi connectivity index (χ1n) is 5.73. The predicted octanol–water partition coefficient (Wildman–Crippen LogP) is 2.48. The van der Waals surface area contributed by atoms with Gasteiger partial charge in [-0.15, -0.1) is 0 Å². The molecule has 0 atom stereocenters. The summed E-state index contributed by atoms with van der Waals surface area (Å²) in [4.78, 5) is 16.7. The van der Waals surface area contributed by atoms with E-state index in [0.29, 0.717) is 5.69 Å². The fraction of sp³-hybridized carbons (Fsp3) is 0.0714. The summed E-state index contributed by atoms with van der Waals surface area (Å²) in [5, 5.41) is 8.99. The topological polar surface area (TPSA) is 81.7 Å². The molecule has 2 rings (SSSR count). The molecule has 0 aliphatic carbocycles. The zero-order valence-electron chi connectivity index (χ0n) is 10.6. The lowest BCUT2D eigenvalue weighted by molar-refractivity contribution is 0.414. The van der Waals surface area contributed by atoms with Crippen LogP contribution < -0.4 is 10.3 Å². The minimum atomic E-state index is -0.499. The molecule has 0 saturated heterocycles. The largest absolute Gasteiger partial charge is 0.497 e. The molecular weight excluding hydrogens is 274 g/mol. The number of methoxy groups -OCH3 is 1. The maximum atomic E-state index is 11.6. The van der Waals surface area contributed by atoms with Crippen LogP contribution in [0.4, 0.5) is 0 Å². The maximum absolute atomic E-state index is 11.6. The van der Waals surface area contributed by atoms with Gasteiger partial charge in [-0.05, 0) is 36.0 Å². The first-order valence-corrected chi connectivity index (χ1v) is 6.13. The van der Waals surface area contributed by atoms with Crippen molar-refractivity contribution < 1.29 is 4.74 Å². The van der Waals surface area contributed by atoms with Gasteiger partial charge in [0.05, 0.1) is 12.8 Å². The molecule has 0 bridgehead atoms. The van der Waals surface area contributed by atoms with Gasteiger partial charge in [0.15, 0.2) is 4.77 Å². The number of hydrogen-bond donors (Lipinski definition) is 2. The van der Waals surface area contributed by atoms with E-state index in [-0.39, 0.29) is 10.3 Å². The molecule has 0 spiro atoms. The standard InChI is InChI=1S/C14H11N3O2S/c1-19-10-4-2-3-9(7-10)5-6-12-11(8-15)13(18)17-14(20)16-12/h2-7H,1H3,(H2,16,17,18,20)/b6-5+. The zero-order valence-corrected chi connectivity index (χ0v) is 11.5. The Labute approximate surface area is 120 Å². The van der Waals surface area contributed by atoms with Crippen LogP contribution in [0.2, 0.25) is 0 Å². The van der Waals surface area contributed by atoms with Crippen molar-refractivity contribution >= 4 is 24.4 Å². The highest BCUT2D eigenvalue weighted by molar-refractivity contribution is 7.71. The summed E-state index contributed by atoms with van der Waals surface area (Å²) < 4.78 is 5.30. The lowest BCUT2D eigenvalue weighted by atomic mass is 10.1. The first-order chi connectivity index (χ1) is 9.63. The fourth-order valence-corrected chi connectivity index (χ4v) is 1.87. The van der Waals surface area contributed by atoms with E-state index in [4.69, 9.17) is 22.2 Å². The molecule has 1 aromatic heterocycles. The Kier molecular flexibility index (Phi) is 4.13. The van der Waals surface area contributed by atoms with E-state index in [0.717, 1.165) is 11.3 Å². The van der Waals surface area contributed by atoms with Gasteiger partial charge in [-0.2, -0.15) is 5.26 Å². The highest BCUT2D eigenvalue weighted by Gasteiger charge is 2.04. The Bertz CT molecular complexity index is 812. The minimum absolute atomic E-state index is 0.00209. The van der Waals surface area contributed by atoms with Crippen molar-refractivity contribution in [3.63, 3.8) is 0 Å². The summed E-state index contributed by atoms with van der Waals surface area (Å²) in [6.07, 6.45) is 3.40. The maximum Gasteiger partial charge on any atom is 0.270 e. The van der Waals surface area contributed by atoms with Crippen molar-refractivity contribution in [1.82, 2.24) is 9.97 Å². The van der Waals surface area contributed by atoms with Gasteiger partial charge in [0.25, 0.3) is 5.56 Å². The smallest absolute Gasteiger partial charge is 0.270 e. The number of aromatic nitrogens is 2. The summed E-state index contributed by atoms with van der Waals surface area (Å²) in [5.41, 5.74) is 0.760. The molecule has 20 heavy (non-hydrogen) atoms. The third-order valence-electron chi connectivity index (χ3n) is 2.62. The van der Waals surface area contributed by atoms with Crippen LogP contribution in [0.5, 0.6) is 5.75 Å². The van der Waals surface area contributed by atoms with Gasteiger partial charge in [0.2, 0.25) is 0 Å². The number of ether oxygens (including phenoxy) is 1. The van der Waals surface area contributed by atoms with E-state index >= 15 is 0 Å². The predicted molar refractivity (Wildman–Crippen MR) is 78.9 cm³/mol. The van der Waals surface area contributed by atoms with Crippen molar-refractivity contribution in [1.29, 1.82) is 5.26 Å². The highest BCUT2D eigenvalue weighted by atomic mass is 32.1. The molecule has 1 aromatic carbocycles. The zero-order chi connectivity index (χ0) is 14.5. The van der Waals surface area contributed by atoms with Crippen LogP contribution in [0.15, 0.2) is 29.1 Å². The lowest BCUT2D eigenvalue weighted by Gasteiger charge is -2.01. The average Bonchev–Trinajstić information content (AvgIpc) is 2.45. The molecule has 2 N–H and O–H groups in total. The molecular formula is C14H11N3O2S. The minimum Gasteiger partial charge on any atom is -0.497 e. The van der Waals surface area contributed by atoms with Gasteiger partial charge < -0.3 is 9.72 Å². The summed E-state index contributed by atoms with van der Waals surface area (Å²) in [7, 11) is 1.59. The number of benzene rings is 1. The van der Waals surface area contributed by atoms with Crippen LogP contribution in [0.25, 0.3) is 12.2 Å². The molecule has 0 fully saturated rings. The van der Waals surface area contributed by atoms with Gasteiger partial charge in [-0.25, -0.2) is 0 Å². The first kappa shape index (κ1) is 13.8. The Morgan fingerprint density at radius 3 is 2.85 bits per heavy atom. The molecule has 6 heteroatoms. The van der Waals surface area contributed by atoms with Crippen LogP contribution in [0.1, 0.15) is 16.8 Å². The molecule has 5 nitrogen and oxygen atoms in total. The third-order valence-corrected chi connectivity index (χ3v) is 2.82. The third kappa shape index (κ3) is 3.02. The fourth-order valence-electron chi connectivity index (χ4n) is 1.66. The number of nitriles is 1. The quantitative estimate of drug-likeness (QED) is 0.849. The molecule has 2 aromatic rings. The van der Waals surface area contributed by atoms with E-state index < -0.39 is 5.56 Å². The van der Waals surface area contributed by atoms with Gasteiger partial charge in [-0.1, -0.05) is 18.2 Å². The molecule has 0 unspecified atom stereocenters. The summed E-state index contributed by atoms with van der Waals surface area (Å²) in [5.74, 6) is 0.728. The molecule has 0 aliphatic rings. The molecule has 1 heterocycles. The summed E-state index contributed by atoms with van der Waals surface area (Å²) in [6, 6.07) is 9.26. The van der Waals surface area contributed by atoms with Crippen LogP contribution in [0, 0.1) is 16.1 Å². The lowest BCUT2D eigenvalue weighted by Crippen LogP contribution is -2.13. The van der Waals surface area contributed by atoms with E-state index in [1.54, 1.807) is 19.3 Å². The second-order valence-electron chi connectivity index (χ2n) is 3.92. The van der Waals surface area contributed by atoms with E-state index in [1.807, 2.05) is 30.3 Å². The van der Waals surface area contributed by atoms with Gasteiger partial charge in [-0.3, -0.25) is 9.78 Å². The van der Waals surface area contributed by atoms with Crippen molar-refractivity contribution in [2.24, 2.45) is 0 Å². The summed E-state index contributed by atoms with van der Waals surface area (Å²) >= 11 is 4.89. The van der Waals surface area contributed by atoms with E-state index in [2.05, 4.69) is 9.97 Å². The van der Waals surface area contributed by atoms with Crippen LogP contribution >= 0.6 is 12.2 Å². The number of nitrogens with zero attached hydrogens (tertiary/aromatic N) is 1. The summed E-state index contributed by atoms with van der Waals surface area (Å²) in [6.45, 7) is 0. The van der Waals surface area contributed by atoms with Gasteiger partial charge in [0.1, 0.15) is 17.4 Å².